The Bertz CT molecular complexity index is 533. The number of H-pyrrole nitrogens is 1. The quantitative estimate of drug-likeness (QED) is 0.870. The number of furan rings is 1. The molecule has 0 amide bonds. The molecule has 0 unspecified atom stereocenters. The Morgan fingerprint density at radius 1 is 1.62 bits per heavy atom. The highest BCUT2D eigenvalue weighted by molar-refractivity contribution is 14.1. The van der Waals surface area contributed by atoms with Crippen LogP contribution in [0.3, 0.4) is 0 Å². The van der Waals surface area contributed by atoms with E-state index in [9.17, 15) is 4.79 Å². The van der Waals surface area contributed by atoms with Gasteiger partial charge in [-0.3, -0.25) is 4.79 Å². The minimum atomic E-state index is -0.168. The molecule has 0 spiro atoms. The fraction of sp³-hybridized carbons (Fsp3) is 0.200. The fourth-order valence-corrected chi connectivity index (χ4v) is 1.68. The molecule has 0 saturated carbocycles. The van der Waals surface area contributed by atoms with E-state index in [1.807, 2.05) is 22.6 Å². The van der Waals surface area contributed by atoms with Gasteiger partial charge in [-0.15, -0.1) is 0 Å². The van der Waals surface area contributed by atoms with Gasteiger partial charge >= 0.3 is 0 Å². The molecule has 0 atom stereocenters. The monoisotopic (exact) mass is 332 g/mol. The van der Waals surface area contributed by atoms with Gasteiger partial charge < -0.3 is 14.1 Å². The number of nitrogens with zero attached hydrogens (tertiary/aromatic N) is 1. The van der Waals surface area contributed by atoms with Gasteiger partial charge in [-0.1, -0.05) is 0 Å². The molecule has 84 valence electrons. The number of aromatic amines is 1. The second kappa shape index (κ2) is 4.79. The maximum absolute atomic E-state index is 11.6. The lowest BCUT2D eigenvalue weighted by Crippen LogP contribution is -2.16. The third-order valence-electron chi connectivity index (χ3n) is 2.01. The van der Waals surface area contributed by atoms with Crippen molar-refractivity contribution in [1.82, 2.24) is 9.97 Å². The zero-order chi connectivity index (χ0) is 11.5. The van der Waals surface area contributed by atoms with Crippen LogP contribution >= 0.6 is 22.6 Å². The minimum absolute atomic E-state index is 0.168. The van der Waals surface area contributed by atoms with Crippen molar-refractivity contribution in [3.05, 3.63) is 38.2 Å². The Balaban J connectivity index is 2.53. The van der Waals surface area contributed by atoms with Crippen LogP contribution in [0, 0.1) is 3.57 Å². The van der Waals surface area contributed by atoms with Crippen LogP contribution in [0.1, 0.15) is 5.69 Å². The van der Waals surface area contributed by atoms with Crippen molar-refractivity contribution in [3.63, 3.8) is 0 Å². The minimum Gasteiger partial charge on any atom is -0.472 e. The van der Waals surface area contributed by atoms with Crippen LogP contribution in [0.2, 0.25) is 0 Å². The summed E-state index contributed by atoms with van der Waals surface area (Å²) >= 11 is 1.95. The molecule has 0 fully saturated rings. The van der Waals surface area contributed by atoms with Crippen molar-refractivity contribution in [1.29, 1.82) is 0 Å². The number of rotatable bonds is 3. The first-order valence-electron chi connectivity index (χ1n) is 4.52. The van der Waals surface area contributed by atoms with Crippen molar-refractivity contribution in [2.45, 2.75) is 6.61 Å². The summed E-state index contributed by atoms with van der Waals surface area (Å²) in [6.45, 7) is 0.313. The first-order chi connectivity index (χ1) is 7.72. The molecular formula is C10H9IN2O3. The maximum Gasteiger partial charge on any atom is 0.264 e. The van der Waals surface area contributed by atoms with E-state index in [2.05, 4.69) is 9.97 Å². The zero-order valence-corrected chi connectivity index (χ0v) is 10.6. The summed E-state index contributed by atoms with van der Waals surface area (Å²) in [6, 6.07) is 1.74. The molecule has 16 heavy (non-hydrogen) atoms. The summed E-state index contributed by atoms with van der Waals surface area (Å²) in [7, 11) is 1.57. The Morgan fingerprint density at radius 3 is 3.06 bits per heavy atom. The summed E-state index contributed by atoms with van der Waals surface area (Å²) in [5.74, 6) is 0.492. The molecule has 0 aliphatic carbocycles. The lowest BCUT2D eigenvalue weighted by molar-refractivity contribution is 0.180. The summed E-state index contributed by atoms with van der Waals surface area (Å²) in [4.78, 5) is 18.6. The van der Waals surface area contributed by atoms with E-state index in [4.69, 9.17) is 9.15 Å². The highest BCUT2D eigenvalue weighted by atomic mass is 127. The van der Waals surface area contributed by atoms with E-state index in [-0.39, 0.29) is 5.56 Å². The van der Waals surface area contributed by atoms with Crippen molar-refractivity contribution in [2.75, 3.05) is 7.11 Å². The number of methoxy groups -OCH3 is 1. The Kier molecular flexibility index (Phi) is 3.39. The number of ether oxygens (including phenoxy) is 1. The molecule has 2 heterocycles. The number of aromatic nitrogens is 2. The second-order valence-corrected chi connectivity index (χ2v) is 4.20. The molecule has 2 aromatic heterocycles. The largest absolute Gasteiger partial charge is 0.472 e. The first-order valence-corrected chi connectivity index (χ1v) is 5.60. The van der Waals surface area contributed by atoms with Gasteiger partial charge in [0.05, 0.1) is 24.1 Å². The van der Waals surface area contributed by atoms with Crippen LogP contribution in [0.25, 0.3) is 11.4 Å². The molecule has 1 N–H and O–H groups in total. The molecule has 0 aromatic carbocycles. The van der Waals surface area contributed by atoms with Crippen LogP contribution in [0.4, 0.5) is 0 Å². The van der Waals surface area contributed by atoms with Crippen LogP contribution in [0.15, 0.2) is 27.8 Å². The predicted molar refractivity (Wildman–Crippen MR) is 66.0 cm³/mol. The van der Waals surface area contributed by atoms with Gasteiger partial charge in [-0.25, -0.2) is 4.98 Å². The summed E-state index contributed by atoms with van der Waals surface area (Å²) < 4.78 is 10.5. The second-order valence-electron chi connectivity index (χ2n) is 3.12. The molecule has 0 aliphatic rings. The average molecular weight is 332 g/mol. The molecule has 2 aromatic rings. The molecule has 6 heteroatoms. The van der Waals surface area contributed by atoms with Crippen molar-refractivity contribution in [2.24, 2.45) is 0 Å². The van der Waals surface area contributed by atoms with Crippen molar-refractivity contribution < 1.29 is 9.15 Å². The maximum atomic E-state index is 11.6. The molecular weight excluding hydrogens is 323 g/mol. The Morgan fingerprint density at radius 2 is 2.44 bits per heavy atom. The molecule has 0 bridgehead atoms. The third kappa shape index (κ3) is 2.17. The van der Waals surface area contributed by atoms with Gasteiger partial charge in [-0.05, 0) is 28.7 Å². The number of hydrogen-bond acceptors (Lipinski definition) is 4. The molecule has 5 nitrogen and oxygen atoms in total. The topological polar surface area (TPSA) is 68.1 Å². The van der Waals surface area contributed by atoms with Gasteiger partial charge in [0.25, 0.3) is 5.56 Å². The van der Waals surface area contributed by atoms with Crippen LogP contribution in [-0.2, 0) is 11.3 Å². The highest BCUT2D eigenvalue weighted by Gasteiger charge is 2.10. The Hall–Kier alpha value is -1.15. The number of halogens is 1. The van der Waals surface area contributed by atoms with Crippen LogP contribution in [0.5, 0.6) is 0 Å². The van der Waals surface area contributed by atoms with Crippen LogP contribution in [-0.4, -0.2) is 17.1 Å². The van der Waals surface area contributed by atoms with E-state index < -0.39 is 0 Å². The van der Waals surface area contributed by atoms with Gasteiger partial charge in [0.2, 0.25) is 0 Å². The smallest absolute Gasteiger partial charge is 0.264 e. The van der Waals surface area contributed by atoms with E-state index in [0.717, 1.165) is 5.56 Å². The third-order valence-corrected chi connectivity index (χ3v) is 3.12. The fourth-order valence-electron chi connectivity index (χ4n) is 1.27. The van der Waals surface area contributed by atoms with E-state index in [1.165, 1.54) is 12.5 Å². The summed E-state index contributed by atoms with van der Waals surface area (Å²) in [6.07, 6.45) is 3.06. The highest BCUT2D eigenvalue weighted by Crippen LogP contribution is 2.15. The number of nitrogens with one attached hydrogen (secondary N) is 1. The predicted octanol–water partition coefficient (Wildman–Crippen LogP) is 1.78. The molecule has 2 rings (SSSR count). The van der Waals surface area contributed by atoms with Gasteiger partial charge in [0.15, 0.2) is 0 Å². The van der Waals surface area contributed by atoms with E-state index in [0.29, 0.717) is 21.7 Å². The standard InChI is InChI=1S/C10H9IN2O3/c1-15-5-7-8(11)10(14)13-9(12-7)6-2-3-16-4-6/h2-4H,5H2,1H3,(H,12,13,14). The van der Waals surface area contributed by atoms with Crippen LogP contribution < -0.4 is 5.56 Å². The van der Waals surface area contributed by atoms with E-state index in [1.54, 1.807) is 13.2 Å². The molecule has 0 saturated heterocycles. The molecule has 0 aliphatic heterocycles. The summed E-state index contributed by atoms with van der Waals surface area (Å²) in [5, 5.41) is 0. The van der Waals surface area contributed by atoms with Crippen molar-refractivity contribution in [3.8, 4) is 11.4 Å². The number of hydrogen-bond donors (Lipinski definition) is 1. The Labute approximate surface area is 105 Å². The van der Waals surface area contributed by atoms with Gasteiger partial charge in [-0.2, -0.15) is 0 Å². The first kappa shape index (κ1) is 11.3. The summed E-state index contributed by atoms with van der Waals surface area (Å²) in [5.41, 5.74) is 1.20. The van der Waals surface area contributed by atoms with Gasteiger partial charge in [0.1, 0.15) is 15.7 Å². The average Bonchev–Trinajstić information content (AvgIpc) is 2.78. The SMILES string of the molecule is COCc1nc(-c2ccoc2)[nH]c(=O)c1I. The lowest BCUT2D eigenvalue weighted by Gasteiger charge is -2.04. The lowest BCUT2D eigenvalue weighted by atomic mass is 10.3. The van der Waals surface area contributed by atoms with E-state index >= 15 is 0 Å². The van der Waals surface area contributed by atoms with Gasteiger partial charge in [0, 0.05) is 7.11 Å². The van der Waals surface area contributed by atoms with Crippen molar-refractivity contribution >= 4 is 22.6 Å². The molecule has 0 radical (unpaired) electrons. The normalized spacial score (nSPS) is 10.6. The zero-order valence-electron chi connectivity index (χ0n) is 8.49.